The third kappa shape index (κ3) is 4.11. The first kappa shape index (κ1) is 19.8. The zero-order chi connectivity index (χ0) is 21.1. The van der Waals surface area contributed by atoms with Crippen LogP contribution < -0.4 is 9.64 Å². The molecule has 1 amide bonds. The molecule has 0 N–H and O–H groups in total. The molecule has 0 unspecified atom stereocenters. The molecule has 6 nitrogen and oxygen atoms in total. The van der Waals surface area contributed by atoms with E-state index in [1.54, 1.807) is 40.3 Å². The smallest absolute Gasteiger partial charge is 0.260 e. The van der Waals surface area contributed by atoms with Gasteiger partial charge in [0.2, 0.25) is 0 Å². The van der Waals surface area contributed by atoms with Crippen LogP contribution in [0.5, 0.6) is 5.75 Å². The second kappa shape index (κ2) is 8.51. The zero-order valence-corrected chi connectivity index (χ0v) is 17.9. The fourth-order valence-corrected chi connectivity index (χ4v) is 3.95. The van der Waals surface area contributed by atoms with Gasteiger partial charge in [-0.2, -0.15) is 5.10 Å². The standard InChI is InChI=1S/C23H22N4O2S/c1-16-13-17(2)27(25-16)22-11-6-18(14-24-22)23(28)26(15-21-5-4-12-30-21)19-7-9-20(29-3)10-8-19/h4-14H,15H2,1-3H3. The molecule has 0 fully saturated rings. The van der Waals surface area contributed by atoms with Gasteiger partial charge in [-0.05, 0) is 67.8 Å². The number of carbonyl (C=O) groups is 1. The van der Waals surface area contributed by atoms with E-state index in [-0.39, 0.29) is 5.91 Å². The Bertz CT molecular complexity index is 1130. The molecule has 0 aliphatic rings. The van der Waals surface area contributed by atoms with Crippen molar-refractivity contribution in [3.63, 3.8) is 0 Å². The molecule has 0 aliphatic heterocycles. The number of hydrogen-bond donors (Lipinski definition) is 0. The Labute approximate surface area is 179 Å². The van der Waals surface area contributed by atoms with Crippen LogP contribution in [0.3, 0.4) is 0 Å². The van der Waals surface area contributed by atoms with Crippen molar-refractivity contribution in [1.82, 2.24) is 14.8 Å². The highest BCUT2D eigenvalue weighted by molar-refractivity contribution is 7.09. The second-order valence-corrected chi connectivity index (χ2v) is 7.94. The van der Waals surface area contributed by atoms with E-state index >= 15 is 0 Å². The van der Waals surface area contributed by atoms with Gasteiger partial charge in [-0.25, -0.2) is 9.67 Å². The predicted octanol–water partition coefficient (Wildman–Crippen LogP) is 4.80. The van der Waals surface area contributed by atoms with Crippen molar-refractivity contribution < 1.29 is 9.53 Å². The largest absolute Gasteiger partial charge is 0.497 e. The summed E-state index contributed by atoms with van der Waals surface area (Å²) in [5.74, 6) is 1.32. The van der Waals surface area contributed by atoms with Crippen molar-refractivity contribution in [1.29, 1.82) is 0 Å². The Kier molecular flexibility index (Phi) is 5.63. The summed E-state index contributed by atoms with van der Waals surface area (Å²) in [6.07, 6.45) is 1.61. The SMILES string of the molecule is COc1ccc(N(Cc2cccs2)C(=O)c2ccc(-n3nc(C)cc3C)nc2)cc1. The Morgan fingerprint density at radius 2 is 1.93 bits per heavy atom. The van der Waals surface area contributed by atoms with Crippen LogP contribution in [-0.4, -0.2) is 27.8 Å². The van der Waals surface area contributed by atoms with Crippen molar-refractivity contribution in [3.8, 4) is 11.6 Å². The monoisotopic (exact) mass is 418 g/mol. The maximum atomic E-state index is 13.4. The molecule has 0 saturated carbocycles. The summed E-state index contributed by atoms with van der Waals surface area (Å²) in [6, 6.07) is 17.1. The zero-order valence-electron chi connectivity index (χ0n) is 17.1. The number of nitrogens with zero attached hydrogens (tertiary/aromatic N) is 4. The number of anilines is 1. The van der Waals surface area contributed by atoms with Gasteiger partial charge in [-0.3, -0.25) is 4.79 Å². The van der Waals surface area contributed by atoms with Gasteiger partial charge in [0.1, 0.15) is 5.75 Å². The summed E-state index contributed by atoms with van der Waals surface area (Å²) in [6.45, 7) is 4.41. The lowest BCUT2D eigenvalue weighted by Crippen LogP contribution is -2.30. The minimum absolute atomic E-state index is 0.110. The topological polar surface area (TPSA) is 60.2 Å². The fraction of sp³-hybridized carbons (Fsp3) is 0.174. The second-order valence-electron chi connectivity index (χ2n) is 6.91. The molecule has 4 rings (SSSR count). The molecular weight excluding hydrogens is 396 g/mol. The molecule has 0 atom stereocenters. The quantitative estimate of drug-likeness (QED) is 0.451. The molecule has 7 heteroatoms. The maximum absolute atomic E-state index is 13.4. The normalized spacial score (nSPS) is 10.8. The Morgan fingerprint density at radius 1 is 1.13 bits per heavy atom. The number of pyridine rings is 1. The predicted molar refractivity (Wildman–Crippen MR) is 119 cm³/mol. The summed E-state index contributed by atoms with van der Waals surface area (Å²) >= 11 is 1.62. The van der Waals surface area contributed by atoms with E-state index in [0.717, 1.165) is 27.7 Å². The van der Waals surface area contributed by atoms with E-state index in [0.29, 0.717) is 17.9 Å². The van der Waals surface area contributed by atoms with Crippen LogP contribution >= 0.6 is 11.3 Å². The molecule has 0 spiro atoms. The molecule has 4 aromatic rings. The molecule has 152 valence electrons. The van der Waals surface area contributed by atoms with E-state index in [9.17, 15) is 4.79 Å². The number of ether oxygens (including phenoxy) is 1. The minimum atomic E-state index is -0.110. The van der Waals surface area contributed by atoms with E-state index in [2.05, 4.69) is 10.1 Å². The molecule has 3 aromatic heterocycles. The van der Waals surface area contributed by atoms with Crippen molar-refractivity contribution in [3.05, 3.63) is 88.0 Å². The van der Waals surface area contributed by atoms with E-state index in [1.807, 2.05) is 67.8 Å². The summed E-state index contributed by atoms with van der Waals surface area (Å²) in [5, 5.41) is 6.46. The van der Waals surface area contributed by atoms with Gasteiger partial charge < -0.3 is 9.64 Å². The highest BCUT2D eigenvalue weighted by Gasteiger charge is 2.20. The number of rotatable bonds is 6. The van der Waals surface area contributed by atoms with Gasteiger partial charge in [0.15, 0.2) is 5.82 Å². The van der Waals surface area contributed by atoms with E-state index in [1.165, 1.54) is 0 Å². The Morgan fingerprint density at radius 3 is 2.50 bits per heavy atom. The molecule has 30 heavy (non-hydrogen) atoms. The molecule has 0 saturated heterocycles. The average Bonchev–Trinajstić information content (AvgIpc) is 3.40. The third-order valence-corrected chi connectivity index (χ3v) is 5.61. The average molecular weight is 419 g/mol. The van der Waals surface area contributed by atoms with Crippen molar-refractivity contribution in [2.24, 2.45) is 0 Å². The molecule has 0 bridgehead atoms. The summed E-state index contributed by atoms with van der Waals surface area (Å²) < 4.78 is 7.02. The van der Waals surface area contributed by atoms with Gasteiger partial charge in [0, 0.05) is 22.5 Å². The summed E-state index contributed by atoms with van der Waals surface area (Å²) in [4.78, 5) is 20.7. The first-order chi connectivity index (χ1) is 14.5. The third-order valence-electron chi connectivity index (χ3n) is 4.74. The lowest BCUT2D eigenvalue weighted by molar-refractivity contribution is 0.0985. The molecule has 3 heterocycles. The van der Waals surface area contributed by atoms with Gasteiger partial charge in [-0.1, -0.05) is 6.07 Å². The highest BCUT2D eigenvalue weighted by Crippen LogP contribution is 2.25. The van der Waals surface area contributed by atoms with Crippen LogP contribution in [0, 0.1) is 13.8 Å². The van der Waals surface area contributed by atoms with Crippen LogP contribution in [-0.2, 0) is 6.54 Å². The lowest BCUT2D eigenvalue weighted by Gasteiger charge is -2.22. The first-order valence-electron chi connectivity index (χ1n) is 9.53. The number of methoxy groups -OCH3 is 1. The number of aryl methyl sites for hydroxylation is 2. The summed E-state index contributed by atoms with van der Waals surface area (Å²) in [5.41, 5.74) is 3.25. The van der Waals surface area contributed by atoms with Crippen LogP contribution in [0.2, 0.25) is 0 Å². The van der Waals surface area contributed by atoms with Gasteiger partial charge in [0.05, 0.1) is 24.9 Å². The number of hydrogen-bond acceptors (Lipinski definition) is 5. The molecule has 0 aliphatic carbocycles. The Balaban J connectivity index is 1.64. The van der Waals surface area contributed by atoms with Gasteiger partial charge >= 0.3 is 0 Å². The number of benzene rings is 1. The molecular formula is C23H22N4O2S. The fourth-order valence-electron chi connectivity index (χ4n) is 3.26. The van der Waals surface area contributed by atoms with Crippen LogP contribution in [0.4, 0.5) is 5.69 Å². The van der Waals surface area contributed by atoms with Crippen LogP contribution in [0.15, 0.2) is 66.2 Å². The highest BCUT2D eigenvalue weighted by atomic mass is 32.1. The summed E-state index contributed by atoms with van der Waals surface area (Å²) in [7, 11) is 1.62. The minimum Gasteiger partial charge on any atom is -0.497 e. The number of thiophene rings is 1. The molecule has 1 aromatic carbocycles. The Hall–Kier alpha value is -3.45. The molecule has 0 radical (unpaired) electrons. The van der Waals surface area contributed by atoms with Crippen molar-refractivity contribution in [2.75, 3.05) is 12.0 Å². The van der Waals surface area contributed by atoms with Crippen LogP contribution in [0.25, 0.3) is 5.82 Å². The van der Waals surface area contributed by atoms with Crippen molar-refractivity contribution >= 4 is 22.9 Å². The number of amides is 1. The van der Waals surface area contributed by atoms with Gasteiger partial charge in [-0.15, -0.1) is 11.3 Å². The number of aromatic nitrogens is 3. The van der Waals surface area contributed by atoms with Crippen molar-refractivity contribution in [2.45, 2.75) is 20.4 Å². The first-order valence-corrected chi connectivity index (χ1v) is 10.4. The van der Waals surface area contributed by atoms with Crippen LogP contribution in [0.1, 0.15) is 26.6 Å². The van der Waals surface area contributed by atoms with E-state index in [4.69, 9.17) is 4.74 Å². The maximum Gasteiger partial charge on any atom is 0.260 e. The van der Waals surface area contributed by atoms with Gasteiger partial charge in [0.25, 0.3) is 5.91 Å². The number of carbonyl (C=O) groups excluding carboxylic acids is 1. The van der Waals surface area contributed by atoms with E-state index < -0.39 is 0 Å². The lowest BCUT2D eigenvalue weighted by atomic mass is 10.2.